The molecule has 0 aliphatic heterocycles. The van der Waals surface area contributed by atoms with Crippen molar-refractivity contribution in [2.45, 2.75) is 20.3 Å². The number of benzene rings is 1. The SMILES string of the molecule is CCOc1ccc(-c2ccc(CC)o2)cc1N. The third kappa shape index (κ3) is 2.44. The maximum Gasteiger partial charge on any atom is 0.142 e. The van der Waals surface area contributed by atoms with E-state index in [4.69, 9.17) is 14.9 Å². The molecular formula is C14H17NO2. The van der Waals surface area contributed by atoms with Crippen LogP contribution >= 0.6 is 0 Å². The van der Waals surface area contributed by atoms with Crippen LogP contribution < -0.4 is 10.5 Å². The lowest BCUT2D eigenvalue weighted by atomic mass is 10.1. The Morgan fingerprint density at radius 3 is 2.59 bits per heavy atom. The first-order valence-corrected chi connectivity index (χ1v) is 5.86. The van der Waals surface area contributed by atoms with Crippen LogP contribution in [0, 0.1) is 0 Å². The highest BCUT2D eigenvalue weighted by Crippen LogP contribution is 2.29. The second-order valence-corrected chi connectivity index (χ2v) is 3.81. The first kappa shape index (κ1) is 11.6. The van der Waals surface area contributed by atoms with Crippen molar-refractivity contribution in [2.24, 2.45) is 0 Å². The summed E-state index contributed by atoms with van der Waals surface area (Å²) in [7, 11) is 0. The van der Waals surface area contributed by atoms with Gasteiger partial charge in [-0.2, -0.15) is 0 Å². The number of ether oxygens (including phenoxy) is 1. The molecule has 0 amide bonds. The summed E-state index contributed by atoms with van der Waals surface area (Å²) in [4.78, 5) is 0. The molecule has 3 nitrogen and oxygen atoms in total. The Morgan fingerprint density at radius 1 is 1.18 bits per heavy atom. The van der Waals surface area contributed by atoms with Gasteiger partial charge in [0, 0.05) is 12.0 Å². The molecule has 0 aliphatic carbocycles. The normalized spacial score (nSPS) is 10.5. The van der Waals surface area contributed by atoms with Crippen molar-refractivity contribution >= 4 is 5.69 Å². The fraction of sp³-hybridized carbons (Fsp3) is 0.286. The van der Waals surface area contributed by atoms with E-state index in [1.807, 2.05) is 37.3 Å². The van der Waals surface area contributed by atoms with Gasteiger partial charge >= 0.3 is 0 Å². The highest BCUT2D eigenvalue weighted by atomic mass is 16.5. The lowest BCUT2D eigenvalue weighted by molar-refractivity contribution is 0.342. The molecule has 3 heteroatoms. The Hall–Kier alpha value is -1.90. The molecule has 17 heavy (non-hydrogen) atoms. The van der Waals surface area contributed by atoms with Crippen LogP contribution in [0.4, 0.5) is 5.69 Å². The molecule has 2 N–H and O–H groups in total. The largest absolute Gasteiger partial charge is 0.492 e. The van der Waals surface area contributed by atoms with E-state index in [1.165, 1.54) is 0 Å². The van der Waals surface area contributed by atoms with Crippen LogP contribution in [0.15, 0.2) is 34.7 Å². The first-order chi connectivity index (χ1) is 8.24. The van der Waals surface area contributed by atoms with E-state index in [9.17, 15) is 0 Å². The van der Waals surface area contributed by atoms with Crippen LogP contribution in [-0.2, 0) is 6.42 Å². The summed E-state index contributed by atoms with van der Waals surface area (Å²) >= 11 is 0. The molecule has 90 valence electrons. The zero-order valence-corrected chi connectivity index (χ0v) is 10.2. The second-order valence-electron chi connectivity index (χ2n) is 3.81. The zero-order valence-electron chi connectivity index (χ0n) is 10.2. The molecule has 1 aromatic heterocycles. The standard InChI is InChI=1S/C14H17NO2/c1-3-11-6-8-13(17-11)10-5-7-14(16-4-2)12(15)9-10/h5-9H,3-4,15H2,1-2H3. The van der Waals surface area contributed by atoms with Crippen LogP contribution in [0.1, 0.15) is 19.6 Å². The van der Waals surface area contributed by atoms with Crippen LogP contribution in [0.5, 0.6) is 5.75 Å². The molecule has 0 unspecified atom stereocenters. The Morgan fingerprint density at radius 2 is 2.00 bits per heavy atom. The van der Waals surface area contributed by atoms with Crippen molar-refractivity contribution in [3.8, 4) is 17.1 Å². The van der Waals surface area contributed by atoms with Crippen molar-refractivity contribution in [1.82, 2.24) is 0 Å². The van der Waals surface area contributed by atoms with E-state index in [2.05, 4.69) is 6.92 Å². The Labute approximate surface area is 101 Å². The summed E-state index contributed by atoms with van der Waals surface area (Å²) in [6.07, 6.45) is 0.895. The second kappa shape index (κ2) is 4.95. The maximum atomic E-state index is 5.92. The Kier molecular flexibility index (Phi) is 3.38. The van der Waals surface area contributed by atoms with Crippen molar-refractivity contribution in [2.75, 3.05) is 12.3 Å². The van der Waals surface area contributed by atoms with Gasteiger partial charge in [-0.1, -0.05) is 6.92 Å². The number of furan rings is 1. The van der Waals surface area contributed by atoms with E-state index in [1.54, 1.807) is 0 Å². The molecule has 0 radical (unpaired) electrons. The number of hydrogen-bond donors (Lipinski definition) is 1. The van der Waals surface area contributed by atoms with Gasteiger partial charge in [0.05, 0.1) is 12.3 Å². The van der Waals surface area contributed by atoms with Gasteiger partial charge in [0.2, 0.25) is 0 Å². The molecule has 1 heterocycles. The predicted molar refractivity (Wildman–Crippen MR) is 69.1 cm³/mol. The molecule has 0 atom stereocenters. The lowest BCUT2D eigenvalue weighted by Crippen LogP contribution is -1.96. The number of hydrogen-bond acceptors (Lipinski definition) is 3. The minimum Gasteiger partial charge on any atom is -0.492 e. The molecule has 0 spiro atoms. The van der Waals surface area contributed by atoms with Gasteiger partial charge in [-0.3, -0.25) is 0 Å². The van der Waals surface area contributed by atoms with Gasteiger partial charge in [0.15, 0.2) is 0 Å². The number of nitrogen functional groups attached to an aromatic ring is 1. The van der Waals surface area contributed by atoms with E-state index in [0.29, 0.717) is 12.3 Å². The molecule has 0 bridgehead atoms. The third-order valence-corrected chi connectivity index (χ3v) is 2.60. The zero-order chi connectivity index (χ0) is 12.3. The van der Waals surface area contributed by atoms with Gasteiger partial charge in [-0.15, -0.1) is 0 Å². The van der Waals surface area contributed by atoms with Gasteiger partial charge in [0.1, 0.15) is 17.3 Å². The van der Waals surface area contributed by atoms with E-state index >= 15 is 0 Å². The van der Waals surface area contributed by atoms with E-state index in [-0.39, 0.29) is 0 Å². The molecule has 0 saturated carbocycles. The van der Waals surface area contributed by atoms with Crippen molar-refractivity contribution in [3.63, 3.8) is 0 Å². The van der Waals surface area contributed by atoms with Gasteiger partial charge in [-0.05, 0) is 37.3 Å². The van der Waals surface area contributed by atoms with E-state index < -0.39 is 0 Å². The summed E-state index contributed by atoms with van der Waals surface area (Å²) < 4.78 is 11.1. The first-order valence-electron chi connectivity index (χ1n) is 5.86. The summed E-state index contributed by atoms with van der Waals surface area (Å²) in [6.45, 7) is 4.62. The average Bonchev–Trinajstić information content (AvgIpc) is 2.80. The number of rotatable bonds is 4. The molecule has 2 rings (SSSR count). The summed E-state index contributed by atoms with van der Waals surface area (Å²) in [5.74, 6) is 2.54. The predicted octanol–water partition coefficient (Wildman–Crippen LogP) is 3.49. The van der Waals surface area contributed by atoms with Crippen molar-refractivity contribution in [1.29, 1.82) is 0 Å². The molecular weight excluding hydrogens is 214 g/mol. The summed E-state index contributed by atoms with van der Waals surface area (Å²) in [5, 5.41) is 0. The van der Waals surface area contributed by atoms with Gasteiger partial charge < -0.3 is 14.9 Å². The fourth-order valence-electron chi connectivity index (χ4n) is 1.71. The summed E-state index contributed by atoms with van der Waals surface area (Å²) in [6, 6.07) is 9.67. The van der Waals surface area contributed by atoms with Crippen LogP contribution in [0.3, 0.4) is 0 Å². The van der Waals surface area contributed by atoms with Crippen LogP contribution in [0.25, 0.3) is 11.3 Å². The maximum absolute atomic E-state index is 5.92. The van der Waals surface area contributed by atoms with Gasteiger partial charge in [0.25, 0.3) is 0 Å². The molecule has 1 aromatic carbocycles. The number of nitrogens with two attached hydrogens (primary N) is 1. The average molecular weight is 231 g/mol. The minimum atomic E-state index is 0.615. The topological polar surface area (TPSA) is 48.4 Å². The monoisotopic (exact) mass is 231 g/mol. The fourth-order valence-corrected chi connectivity index (χ4v) is 1.71. The van der Waals surface area contributed by atoms with E-state index in [0.717, 1.165) is 29.3 Å². The molecule has 0 fully saturated rings. The molecule has 2 aromatic rings. The van der Waals surface area contributed by atoms with Crippen molar-refractivity contribution < 1.29 is 9.15 Å². The molecule has 0 aliphatic rings. The summed E-state index contributed by atoms with van der Waals surface area (Å²) in [5.41, 5.74) is 7.53. The molecule has 0 saturated heterocycles. The van der Waals surface area contributed by atoms with Crippen LogP contribution in [-0.4, -0.2) is 6.61 Å². The highest BCUT2D eigenvalue weighted by Gasteiger charge is 2.07. The Bertz CT molecular complexity index is 503. The Balaban J connectivity index is 2.30. The lowest BCUT2D eigenvalue weighted by Gasteiger charge is -2.07. The smallest absolute Gasteiger partial charge is 0.142 e. The quantitative estimate of drug-likeness (QED) is 0.819. The number of anilines is 1. The van der Waals surface area contributed by atoms with Gasteiger partial charge in [-0.25, -0.2) is 0 Å². The third-order valence-electron chi connectivity index (χ3n) is 2.60. The van der Waals surface area contributed by atoms with Crippen molar-refractivity contribution in [3.05, 3.63) is 36.1 Å². The minimum absolute atomic E-state index is 0.615. The highest BCUT2D eigenvalue weighted by molar-refractivity contribution is 5.67. The number of aryl methyl sites for hydroxylation is 1. The van der Waals surface area contributed by atoms with Crippen LogP contribution in [0.2, 0.25) is 0 Å².